The Morgan fingerprint density at radius 2 is 2.10 bits per heavy atom. The fourth-order valence-electron chi connectivity index (χ4n) is 1.30. The molecule has 0 radical (unpaired) electrons. The van der Waals surface area contributed by atoms with Crippen LogP contribution in [0.5, 0.6) is 0 Å². The Balaban J connectivity index is 2.74. The van der Waals surface area contributed by atoms with Gasteiger partial charge < -0.3 is 13.9 Å². The van der Waals surface area contributed by atoms with Gasteiger partial charge in [-0.15, -0.1) is 0 Å². The first-order valence-corrected chi connectivity index (χ1v) is 6.18. The second-order valence-electron chi connectivity index (χ2n) is 4.05. The van der Waals surface area contributed by atoms with Gasteiger partial charge in [0.2, 0.25) is 0 Å². The molecule has 1 heterocycles. The van der Waals surface area contributed by atoms with Gasteiger partial charge in [0.25, 0.3) is 0 Å². The van der Waals surface area contributed by atoms with Crippen molar-refractivity contribution in [2.24, 2.45) is 0 Å². The smallest absolute Gasteiger partial charge is 0.349 e. The molecule has 1 aromatic rings. The number of nitriles is 1. The van der Waals surface area contributed by atoms with Gasteiger partial charge in [-0.1, -0.05) is 6.58 Å². The van der Waals surface area contributed by atoms with E-state index in [0.717, 1.165) is 0 Å². The van der Waals surface area contributed by atoms with Crippen molar-refractivity contribution in [3.63, 3.8) is 0 Å². The van der Waals surface area contributed by atoms with E-state index >= 15 is 0 Å². The maximum absolute atomic E-state index is 11.4. The molecule has 0 aliphatic heterocycles. The van der Waals surface area contributed by atoms with Gasteiger partial charge in [-0.25, -0.2) is 9.59 Å². The van der Waals surface area contributed by atoms with E-state index in [-0.39, 0.29) is 24.4 Å². The summed E-state index contributed by atoms with van der Waals surface area (Å²) in [5, 5.41) is 8.89. The summed E-state index contributed by atoms with van der Waals surface area (Å²) in [6.45, 7) is 6.77. The lowest BCUT2D eigenvalue weighted by Crippen LogP contribution is -2.05. The third-order valence-corrected chi connectivity index (χ3v) is 2.28. The number of esters is 2. The Bertz CT molecular complexity index is 618. The molecule has 6 heteroatoms. The van der Waals surface area contributed by atoms with E-state index in [1.54, 1.807) is 25.1 Å². The molecule has 0 saturated carbocycles. The summed E-state index contributed by atoms with van der Waals surface area (Å²) < 4.78 is 15.0. The van der Waals surface area contributed by atoms with Crippen LogP contribution in [-0.2, 0) is 25.7 Å². The number of hydrogen-bond acceptors (Lipinski definition) is 6. The molecule has 6 nitrogen and oxygen atoms in total. The molecule has 0 bridgehead atoms. The predicted octanol–water partition coefficient (Wildman–Crippen LogP) is 2.37. The first-order chi connectivity index (χ1) is 9.97. The van der Waals surface area contributed by atoms with Crippen LogP contribution in [-0.4, -0.2) is 18.5 Å². The molecule has 0 aliphatic carbocycles. The fourth-order valence-corrected chi connectivity index (χ4v) is 1.30. The van der Waals surface area contributed by atoms with Crippen molar-refractivity contribution in [2.45, 2.75) is 20.5 Å². The highest BCUT2D eigenvalue weighted by atomic mass is 16.5. The Morgan fingerprint density at radius 3 is 2.67 bits per heavy atom. The van der Waals surface area contributed by atoms with Crippen LogP contribution in [0.2, 0.25) is 0 Å². The lowest BCUT2D eigenvalue weighted by atomic mass is 10.2. The molecule has 21 heavy (non-hydrogen) atoms. The maximum Gasteiger partial charge on any atom is 0.349 e. The molecule has 0 N–H and O–H groups in total. The lowest BCUT2D eigenvalue weighted by molar-refractivity contribution is -0.140. The van der Waals surface area contributed by atoms with Crippen LogP contribution in [0.3, 0.4) is 0 Å². The normalized spacial score (nSPS) is 10.6. The Labute approximate surface area is 122 Å². The van der Waals surface area contributed by atoms with E-state index in [1.807, 2.05) is 0 Å². The quantitative estimate of drug-likeness (QED) is 0.453. The van der Waals surface area contributed by atoms with E-state index < -0.39 is 11.9 Å². The summed E-state index contributed by atoms with van der Waals surface area (Å²) in [6.07, 6.45) is 1.27. The van der Waals surface area contributed by atoms with Gasteiger partial charge in [0.05, 0.1) is 6.61 Å². The summed E-state index contributed by atoms with van der Waals surface area (Å²) in [6, 6.07) is 4.88. The summed E-state index contributed by atoms with van der Waals surface area (Å²) >= 11 is 0. The molecule has 1 rings (SSSR count). The minimum absolute atomic E-state index is 0.0547. The van der Waals surface area contributed by atoms with Crippen LogP contribution in [0.4, 0.5) is 0 Å². The van der Waals surface area contributed by atoms with Gasteiger partial charge in [0, 0.05) is 11.6 Å². The van der Waals surface area contributed by atoms with Gasteiger partial charge in [-0.3, -0.25) is 0 Å². The number of rotatable bonds is 6. The van der Waals surface area contributed by atoms with Crippen molar-refractivity contribution in [3.8, 4) is 6.07 Å². The zero-order valence-electron chi connectivity index (χ0n) is 11.8. The third-order valence-electron chi connectivity index (χ3n) is 2.28. The van der Waals surface area contributed by atoms with Gasteiger partial charge in [-0.2, -0.15) is 5.26 Å². The highest BCUT2D eigenvalue weighted by molar-refractivity contribution is 5.97. The van der Waals surface area contributed by atoms with Crippen LogP contribution in [0.15, 0.2) is 34.3 Å². The predicted molar refractivity (Wildman–Crippen MR) is 73.5 cm³/mol. The third kappa shape index (κ3) is 4.99. The number of hydrogen-bond donors (Lipinski definition) is 0. The van der Waals surface area contributed by atoms with E-state index in [2.05, 4.69) is 6.58 Å². The summed E-state index contributed by atoms with van der Waals surface area (Å²) in [5.74, 6) is -0.558. The van der Waals surface area contributed by atoms with Gasteiger partial charge in [0.15, 0.2) is 0 Å². The molecular formula is C15H15NO5. The summed E-state index contributed by atoms with van der Waals surface area (Å²) in [7, 11) is 0. The van der Waals surface area contributed by atoms with Gasteiger partial charge in [-0.05, 0) is 26.0 Å². The molecule has 0 spiro atoms. The highest BCUT2D eigenvalue weighted by Crippen LogP contribution is 2.14. The van der Waals surface area contributed by atoms with E-state index in [1.165, 1.54) is 13.0 Å². The molecule has 0 fully saturated rings. The molecule has 1 aromatic heterocycles. The fraction of sp³-hybridized carbons (Fsp3) is 0.267. The Kier molecular flexibility index (Phi) is 5.96. The number of carbonyl (C=O) groups is 2. The molecule has 110 valence electrons. The topological polar surface area (TPSA) is 89.5 Å². The SMILES string of the molecule is C=C(C)C(=O)OCc1ccc(/C=C(\C#N)C(=O)OCC)o1. The van der Waals surface area contributed by atoms with E-state index in [0.29, 0.717) is 11.5 Å². The van der Waals surface area contributed by atoms with E-state index in [4.69, 9.17) is 19.2 Å². The molecule has 0 aromatic carbocycles. The van der Waals surface area contributed by atoms with Crippen molar-refractivity contribution in [1.29, 1.82) is 5.26 Å². The number of furan rings is 1. The average Bonchev–Trinajstić information content (AvgIpc) is 2.89. The summed E-state index contributed by atoms with van der Waals surface area (Å²) in [5.41, 5.74) is 0.118. The van der Waals surface area contributed by atoms with Crippen molar-refractivity contribution >= 4 is 18.0 Å². The van der Waals surface area contributed by atoms with Crippen LogP contribution >= 0.6 is 0 Å². The van der Waals surface area contributed by atoms with E-state index in [9.17, 15) is 9.59 Å². The zero-order chi connectivity index (χ0) is 15.8. The first kappa shape index (κ1) is 16.2. The van der Waals surface area contributed by atoms with Crippen LogP contribution in [0.1, 0.15) is 25.4 Å². The number of carbonyl (C=O) groups excluding carboxylic acids is 2. The van der Waals surface area contributed by atoms with Crippen molar-refractivity contribution in [3.05, 3.63) is 41.4 Å². The maximum atomic E-state index is 11.4. The Morgan fingerprint density at radius 1 is 1.38 bits per heavy atom. The van der Waals surface area contributed by atoms with Gasteiger partial charge >= 0.3 is 11.9 Å². The molecule has 0 saturated heterocycles. The van der Waals surface area contributed by atoms with Crippen LogP contribution in [0.25, 0.3) is 6.08 Å². The molecule has 0 amide bonds. The molecular weight excluding hydrogens is 274 g/mol. The molecule has 0 atom stereocenters. The lowest BCUT2D eigenvalue weighted by Gasteiger charge is -2.01. The second-order valence-corrected chi connectivity index (χ2v) is 4.05. The van der Waals surface area contributed by atoms with Crippen LogP contribution in [0, 0.1) is 11.3 Å². The number of ether oxygens (including phenoxy) is 2. The molecule has 0 aliphatic rings. The second kappa shape index (κ2) is 7.70. The largest absolute Gasteiger partial charge is 0.462 e. The van der Waals surface area contributed by atoms with Crippen molar-refractivity contribution in [1.82, 2.24) is 0 Å². The first-order valence-electron chi connectivity index (χ1n) is 6.18. The van der Waals surface area contributed by atoms with Gasteiger partial charge in [0.1, 0.15) is 29.8 Å². The highest BCUT2D eigenvalue weighted by Gasteiger charge is 2.12. The molecule has 0 unspecified atom stereocenters. The number of nitrogens with zero attached hydrogens (tertiary/aromatic N) is 1. The monoisotopic (exact) mass is 289 g/mol. The minimum atomic E-state index is -0.716. The summed E-state index contributed by atoms with van der Waals surface area (Å²) in [4.78, 5) is 22.7. The zero-order valence-corrected chi connectivity index (χ0v) is 11.8. The minimum Gasteiger partial charge on any atom is -0.462 e. The Hall–Kier alpha value is -2.81. The average molecular weight is 289 g/mol. The van der Waals surface area contributed by atoms with Crippen molar-refractivity contribution in [2.75, 3.05) is 6.61 Å². The van der Waals surface area contributed by atoms with Crippen LogP contribution < -0.4 is 0 Å². The van der Waals surface area contributed by atoms with Crippen molar-refractivity contribution < 1.29 is 23.5 Å². The standard InChI is InChI=1S/C15H15NO5/c1-4-19-15(18)11(8-16)7-12-5-6-13(21-12)9-20-14(17)10(2)3/h5-7H,2,4,9H2,1,3H3/b11-7+.